The van der Waals surface area contributed by atoms with E-state index in [1.54, 1.807) is 0 Å². The predicted octanol–water partition coefficient (Wildman–Crippen LogP) is 2.91. The van der Waals surface area contributed by atoms with Crippen molar-refractivity contribution >= 4 is 11.3 Å². The number of hydrogen-bond donors (Lipinski definition) is 1. The lowest BCUT2D eigenvalue weighted by Gasteiger charge is -2.22. The third-order valence-electron chi connectivity index (χ3n) is 3.06. The first-order chi connectivity index (χ1) is 7.54. The molecule has 0 radical (unpaired) electrons. The van der Waals surface area contributed by atoms with Gasteiger partial charge in [0.15, 0.2) is 0 Å². The average Bonchev–Trinajstić information content (AvgIpc) is 2.73. The standard InChI is InChI=1S/C13H24N2S/c1-6-12-7-8-13(16-12)11(3)14-9-10(2)15(4)5/h7-8,10-11,14H,6,9H2,1-5H3. The lowest BCUT2D eigenvalue weighted by Crippen LogP contribution is -2.36. The second kappa shape index (κ2) is 6.38. The quantitative estimate of drug-likeness (QED) is 0.822. The number of aryl methyl sites for hydroxylation is 1. The molecule has 2 nitrogen and oxygen atoms in total. The van der Waals surface area contributed by atoms with E-state index in [0.717, 1.165) is 13.0 Å². The summed E-state index contributed by atoms with van der Waals surface area (Å²) in [6, 6.07) is 5.54. The highest BCUT2D eigenvalue weighted by atomic mass is 32.1. The summed E-state index contributed by atoms with van der Waals surface area (Å²) in [4.78, 5) is 5.16. The van der Waals surface area contributed by atoms with Crippen molar-refractivity contribution in [3.63, 3.8) is 0 Å². The zero-order chi connectivity index (χ0) is 12.1. The highest BCUT2D eigenvalue weighted by Crippen LogP contribution is 2.23. The number of rotatable bonds is 6. The van der Waals surface area contributed by atoms with Crippen LogP contribution in [0.2, 0.25) is 0 Å². The largest absolute Gasteiger partial charge is 0.308 e. The Balaban J connectivity index is 2.43. The number of nitrogens with one attached hydrogen (secondary N) is 1. The van der Waals surface area contributed by atoms with Gasteiger partial charge in [-0.25, -0.2) is 0 Å². The molecule has 0 aliphatic carbocycles. The van der Waals surface area contributed by atoms with E-state index in [0.29, 0.717) is 12.1 Å². The molecule has 0 spiro atoms. The summed E-state index contributed by atoms with van der Waals surface area (Å²) in [5, 5.41) is 3.59. The van der Waals surface area contributed by atoms with E-state index in [2.05, 4.69) is 57.2 Å². The average molecular weight is 240 g/mol. The molecule has 1 aromatic heterocycles. The van der Waals surface area contributed by atoms with Crippen LogP contribution in [0.25, 0.3) is 0 Å². The van der Waals surface area contributed by atoms with E-state index in [9.17, 15) is 0 Å². The fourth-order valence-corrected chi connectivity index (χ4v) is 2.43. The lowest BCUT2D eigenvalue weighted by atomic mass is 10.2. The van der Waals surface area contributed by atoms with Gasteiger partial charge in [-0.15, -0.1) is 11.3 Å². The molecule has 16 heavy (non-hydrogen) atoms. The summed E-state index contributed by atoms with van der Waals surface area (Å²) in [5.41, 5.74) is 0. The van der Waals surface area contributed by atoms with Crippen molar-refractivity contribution in [3.05, 3.63) is 21.9 Å². The van der Waals surface area contributed by atoms with E-state index in [1.165, 1.54) is 9.75 Å². The van der Waals surface area contributed by atoms with Crippen molar-refractivity contribution in [2.75, 3.05) is 20.6 Å². The Bertz CT molecular complexity index is 307. The van der Waals surface area contributed by atoms with Gasteiger partial charge in [-0.2, -0.15) is 0 Å². The third kappa shape index (κ3) is 3.89. The maximum Gasteiger partial charge on any atom is 0.0386 e. The van der Waals surface area contributed by atoms with E-state index in [4.69, 9.17) is 0 Å². The molecular formula is C13H24N2S. The predicted molar refractivity (Wildman–Crippen MR) is 73.3 cm³/mol. The van der Waals surface area contributed by atoms with Gasteiger partial charge >= 0.3 is 0 Å². The van der Waals surface area contributed by atoms with Crippen LogP contribution in [-0.4, -0.2) is 31.6 Å². The van der Waals surface area contributed by atoms with Gasteiger partial charge in [0.05, 0.1) is 0 Å². The number of nitrogens with zero attached hydrogens (tertiary/aromatic N) is 1. The molecule has 92 valence electrons. The van der Waals surface area contributed by atoms with Gasteiger partial charge in [0.25, 0.3) is 0 Å². The van der Waals surface area contributed by atoms with Crippen LogP contribution >= 0.6 is 11.3 Å². The van der Waals surface area contributed by atoms with Crippen molar-refractivity contribution in [1.29, 1.82) is 0 Å². The Kier molecular flexibility index (Phi) is 5.46. The molecule has 0 aliphatic heterocycles. The van der Waals surface area contributed by atoms with Crippen molar-refractivity contribution < 1.29 is 0 Å². The summed E-state index contributed by atoms with van der Waals surface area (Å²) in [5.74, 6) is 0. The molecule has 1 rings (SSSR count). The molecule has 0 saturated heterocycles. The molecule has 0 aliphatic rings. The summed E-state index contributed by atoms with van der Waals surface area (Å²) in [7, 11) is 4.24. The van der Waals surface area contributed by atoms with E-state index < -0.39 is 0 Å². The normalized spacial score (nSPS) is 15.4. The van der Waals surface area contributed by atoms with Crippen LogP contribution in [0.3, 0.4) is 0 Å². The van der Waals surface area contributed by atoms with Gasteiger partial charge in [0.1, 0.15) is 0 Å². The van der Waals surface area contributed by atoms with E-state index >= 15 is 0 Å². The van der Waals surface area contributed by atoms with Crippen LogP contribution < -0.4 is 5.32 Å². The maximum atomic E-state index is 3.59. The van der Waals surface area contributed by atoms with Gasteiger partial charge in [-0.1, -0.05) is 6.92 Å². The molecule has 0 aromatic carbocycles. The topological polar surface area (TPSA) is 15.3 Å². The Labute approximate surface area is 104 Å². The summed E-state index contributed by atoms with van der Waals surface area (Å²) in [6.07, 6.45) is 1.14. The van der Waals surface area contributed by atoms with Crippen molar-refractivity contribution in [2.45, 2.75) is 39.3 Å². The first kappa shape index (κ1) is 13.7. The fourth-order valence-electron chi connectivity index (χ4n) is 1.45. The number of hydrogen-bond acceptors (Lipinski definition) is 3. The van der Waals surface area contributed by atoms with Gasteiger partial charge in [-0.05, 0) is 46.5 Å². The number of likely N-dealkylation sites (N-methyl/N-ethyl adjacent to an activating group) is 1. The molecule has 2 unspecified atom stereocenters. The van der Waals surface area contributed by atoms with Crippen LogP contribution in [0.15, 0.2) is 12.1 Å². The van der Waals surface area contributed by atoms with Crippen molar-refractivity contribution in [1.82, 2.24) is 10.2 Å². The van der Waals surface area contributed by atoms with Crippen molar-refractivity contribution in [2.24, 2.45) is 0 Å². The molecule has 0 amide bonds. The Hall–Kier alpha value is -0.380. The molecule has 0 bridgehead atoms. The van der Waals surface area contributed by atoms with Crippen LogP contribution in [0.1, 0.15) is 36.6 Å². The van der Waals surface area contributed by atoms with Gasteiger partial charge in [0, 0.05) is 28.4 Å². The first-order valence-corrected chi connectivity index (χ1v) is 6.84. The zero-order valence-corrected chi connectivity index (χ0v) is 11.9. The molecule has 1 heterocycles. The fraction of sp³-hybridized carbons (Fsp3) is 0.692. The Morgan fingerprint density at radius 2 is 2.00 bits per heavy atom. The smallest absolute Gasteiger partial charge is 0.0386 e. The van der Waals surface area contributed by atoms with Crippen LogP contribution in [0.4, 0.5) is 0 Å². The van der Waals surface area contributed by atoms with Gasteiger partial charge < -0.3 is 10.2 Å². The number of thiophene rings is 1. The lowest BCUT2D eigenvalue weighted by molar-refractivity contribution is 0.296. The summed E-state index contributed by atoms with van der Waals surface area (Å²) in [6.45, 7) is 7.73. The molecule has 0 saturated carbocycles. The molecular weight excluding hydrogens is 216 g/mol. The Morgan fingerprint density at radius 1 is 1.31 bits per heavy atom. The van der Waals surface area contributed by atoms with E-state index in [1.807, 2.05) is 11.3 Å². The first-order valence-electron chi connectivity index (χ1n) is 6.03. The molecule has 0 fully saturated rings. The second-order valence-electron chi connectivity index (χ2n) is 4.60. The molecule has 3 heteroatoms. The van der Waals surface area contributed by atoms with Gasteiger partial charge in [-0.3, -0.25) is 0 Å². The Morgan fingerprint density at radius 3 is 2.50 bits per heavy atom. The van der Waals surface area contributed by atoms with E-state index in [-0.39, 0.29) is 0 Å². The van der Waals surface area contributed by atoms with Crippen LogP contribution in [-0.2, 0) is 6.42 Å². The minimum absolute atomic E-state index is 0.465. The molecule has 1 N–H and O–H groups in total. The highest BCUT2D eigenvalue weighted by molar-refractivity contribution is 7.12. The monoisotopic (exact) mass is 240 g/mol. The molecule has 2 atom stereocenters. The summed E-state index contributed by atoms with van der Waals surface area (Å²) < 4.78 is 0. The van der Waals surface area contributed by atoms with Crippen LogP contribution in [0, 0.1) is 0 Å². The highest BCUT2D eigenvalue weighted by Gasteiger charge is 2.10. The maximum absolute atomic E-state index is 3.59. The SMILES string of the molecule is CCc1ccc(C(C)NCC(C)N(C)C)s1. The van der Waals surface area contributed by atoms with Gasteiger partial charge in [0.2, 0.25) is 0 Å². The van der Waals surface area contributed by atoms with Crippen LogP contribution in [0.5, 0.6) is 0 Å². The second-order valence-corrected chi connectivity index (χ2v) is 5.80. The summed E-state index contributed by atoms with van der Waals surface area (Å²) >= 11 is 1.92. The third-order valence-corrected chi connectivity index (χ3v) is 4.47. The molecule has 1 aromatic rings. The zero-order valence-electron chi connectivity index (χ0n) is 11.1. The minimum Gasteiger partial charge on any atom is -0.308 e. The van der Waals surface area contributed by atoms with Crippen molar-refractivity contribution in [3.8, 4) is 0 Å². The minimum atomic E-state index is 0.465.